The first kappa shape index (κ1) is 16.2. The maximum absolute atomic E-state index is 12.3. The minimum atomic E-state index is -1.09. The quantitative estimate of drug-likeness (QED) is 0.757. The van der Waals surface area contributed by atoms with Gasteiger partial charge in [-0.3, -0.25) is 4.79 Å². The topological polar surface area (TPSA) is 49.3 Å². The first-order valence-electron chi connectivity index (χ1n) is 8.07. The maximum Gasteiger partial charge on any atom is 0.224 e. The van der Waals surface area contributed by atoms with E-state index in [1.54, 1.807) is 6.92 Å². The zero-order valence-corrected chi connectivity index (χ0v) is 13.7. The summed E-state index contributed by atoms with van der Waals surface area (Å²) in [5, 5.41) is 15.6. The number of nitrogens with one attached hydrogen (secondary N) is 1. The summed E-state index contributed by atoms with van der Waals surface area (Å²) in [5.74, 6) is -0.0949. The smallest absolute Gasteiger partial charge is 0.224 e. The van der Waals surface area contributed by atoms with Crippen molar-refractivity contribution in [1.29, 1.82) is 0 Å². The summed E-state index contributed by atoms with van der Waals surface area (Å²) >= 11 is 0. The number of aliphatic hydroxyl groups is 1. The molecule has 2 N–H and O–H groups in total. The SMILES string of the molecule is CC(O)(CNC(=O)Cc1cccc2ccccc12)c1ccccc1. The highest BCUT2D eigenvalue weighted by Gasteiger charge is 2.23. The second-order valence-corrected chi connectivity index (χ2v) is 6.23. The highest BCUT2D eigenvalue weighted by molar-refractivity contribution is 5.90. The Balaban J connectivity index is 1.67. The lowest BCUT2D eigenvalue weighted by Crippen LogP contribution is -2.39. The van der Waals surface area contributed by atoms with Crippen LogP contribution in [0.15, 0.2) is 72.8 Å². The van der Waals surface area contributed by atoms with Crippen LogP contribution >= 0.6 is 0 Å². The van der Waals surface area contributed by atoms with Crippen LogP contribution in [0.5, 0.6) is 0 Å². The van der Waals surface area contributed by atoms with Gasteiger partial charge in [0, 0.05) is 0 Å². The summed E-state index contributed by atoms with van der Waals surface area (Å²) in [6.07, 6.45) is 0.298. The zero-order chi connectivity index (χ0) is 17.0. The number of hydrogen-bond acceptors (Lipinski definition) is 2. The summed E-state index contributed by atoms with van der Waals surface area (Å²) in [7, 11) is 0. The molecular weight excluding hydrogens is 298 g/mol. The highest BCUT2D eigenvalue weighted by atomic mass is 16.3. The van der Waals surface area contributed by atoms with E-state index in [1.807, 2.05) is 72.8 Å². The van der Waals surface area contributed by atoms with Gasteiger partial charge in [-0.25, -0.2) is 0 Å². The van der Waals surface area contributed by atoms with Crippen molar-refractivity contribution in [1.82, 2.24) is 5.32 Å². The summed E-state index contributed by atoms with van der Waals surface area (Å²) in [6, 6.07) is 23.4. The predicted octanol–water partition coefficient (Wildman–Crippen LogP) is 3.41. The van der Waals surface area contributed by atoms with Crippen molar-refractivity contribution in [2.24, 2.45) is 0 Å². The Morgan fingerprint density at radius 2 is 1.62 bits per heavy atom. The Labute approximate surface area is 142 Å². The van der Waals surface area contributed by atoms with Gasteiger partial charge in [0.05, 0.1) is 13.0 Å². The van der Waals surface area contributed by atoms with Crippen molar-refractivity contribution in [3.63, 3.8) is 0 Å². The Bertz CT molecular complexity index is 835. The van der Waals surface area contributed by atoms with Crippen LogP contribution in [0.3, 0.4) is 0 Å². The van der Waals surface area contributed by atoms with E-state index in [2.05, 4.69) is 5.32 Å². The molecule has 0 aliphatic carbocycles. The molecular formula is C21H21NO2. The summed E-state index contributed by atoms with van der Waals surface area (Å²) < 4.78 is 0. The molecule has 0 aliphatic rings. The first-order valence-corrected chi connectivity index (χ1v) is 8.07. The lowest BCUT2D eigenvalue weighted by atomic mass is 9.96. The molecule has 0 aliphatic heterocycles. The lowest BCUT2D eigenvalue weighted by Gasteiger charge is -2.24. The summed E-state index contributed by atoms with van der Waals surface area (Å²) in [5.41, 5.74) is 0.691. The van der Waals surface area contributed by atoms with E-state index in [0.29, 0.717) is 6.42 Å². The minimum absolute atomic E-state index is 0.0949. The molecule has 0 saturated carbocycles. The average molecular weight is 319 g/mol. The van der Waals surface area contributed by atoms with Gasteiger partial charge in [-0.2, -0.15) is 0 Å². The molecule has 3 heteroatoms. The first-order chi connectivity index (χ1) is 11.6. The molecule has 0 bridgehead atoms. The van der Waals surface area contributed by atoms with E-state index in [9.17, 15) is 9.90 Å². The van der Waals surface area contributed by atoms with E-state index in [-0.39, 0.29) is 12.5 Å². The number of fused-ring (bicyclic) bond motifs is 1. The van der Waals surface area contributed by atoms with Crippen LogP contribution in [0, 0.1) is 0 Å². The van der Waals surface area contributed by atoms with E-state index in [1.165, 1.54) is 0 Å². The molecule has 122 valence electrons. The third-order valence-corrected chi connectivity index (χ3v) is 4.26. The molecule has 3 nitrogen and oxygen atoms in total. The molecule has 3 aromatic carbocycles. The molecule has 3 rings (SSSR count). The number of hydrogen-bond donors (Lipinski definition) is 2. The van der Waals surface area contributed by atoms with E-state index >= 15 is 0 Å². The van der Waals surface area contributed by atoms with Crippen LogP contribution in [-0.2, 0) is 16.8 Å². The highest BCUT2D eigenvalue weighted by Crippen LogP contribution is 2.20. The maximum atomic E-state index is 12.3. The van der Waals surface area contributed by atoms with Crippen LogP contribution in [-0.4, -0.2) is 17.6 Å². The Hall–Kier alpha value is -2.65. The standard InChI is InChI=1S/C21H21NO2/c1-21(24,18-11-3-2-4-12-18)15-22-20(23)14-17-10-7-9-16-8-5-6-13-19(16)17/h2-13,24H,14-15H2,1H3,(H,22,23). The lowest BCUT2D eigenvalue weighted by molar-refractivity contribution is -0.121. The largest absolute Gasteiger partial charge is 0.384 e. The average Bonchev–Trinajstić information content (AvgIpc) is 2.61. The van der Waals surface area contributed by atoms with Crippen LogP contribution in [0.25, 0.3) is 10.8 Å². The van der Waals surface area contributed by atoms with Crippen molar-refractivity contribution in [2.75, 3.05) is 6.54 Å². The van der Waals surface area contributed by atoms with Gasteiger partial charge in [0.1, 0.15) is 5.60 Å². The molecule has 0 fully saturated rings. The van der Waals surface area contributed by atoms with E-state index in [4.69, 9.17) is 0 Å². The van der Waals surface area contributed by atoms with Crippen LogP contribution in [0.2, 0.25) is 0 Å². The number of benzene rings is 3. The Kier molecular flexibility index (Phi) is 4.63. The van der Waals surface area contributed by atoms with Crippen molar-refractivity contribution >= 4 is 16.7 Å². The summed E-state index contributed by atoms with van der Waals surface area (Å²) in [6.45, 7) is 1.89. The Morgan fingerprint density at radius 1 is 0.958 bits per heavy atom. The summed E-state index contributed by atoms with van der Waals surface area (Å²) in [4.78, 5) is 12.3. The Morgan fingerprint density at radius 3 is 2.42 bits per heavy atom. The van der Waals surface area contributed by atoms with E-state index < -0.39 is 5.60 Å². The monoisotopic (exact) mass is 319 g/mol. The molecule has 0 aromatic heterocycles. The molecule has 1 amide bonds. The fourth-order valence-corrected chi connectivity index (χ4v) is 2.85. The van der Waals surface area contributed by atoms with Crippen LogP contribution < -0.4 is 5.32 Å². The molecule has 0 radical (unpaired) electrons. The van der Waals surface area contributed by atoms with Gasteiger partial charge in [-0.05, 0) is 28.8 Å². The number of carbonyl (C=O) groups excluding carboxylic acids is 1. The van der Waals surface area contributed by atoms with Gasteiger partial charge in [-0.15, -0.1) is 0 Å². The number of amides is 1. The second-order valence-electron chi connectivity index (χ2n) is 6.23. The molecule has 0 heterocycles. The molecule has 1 atom stereocenters. The van der Waals surface area contributed by atoms with Gasteiger partial charge in [0.2, 0.25) is 5.91 Å². The third kappa shape index (κ3) is 3.63. The third-order valence-electron chi connectivity index (χ3n) is 4.26. The molecule has 1 unspecified atom stereocenters. The zero-order valence-electron chi connectivity index (χ0n) is 13.7. The van der Waals surface area contributed by atoms with Gasteiger partial charge < -0.3 is 10.4 Å². The van der Waals surface area contributed by atoms with Gasteiger partial charge in [-0.1, -0.05) is 72.8 Å². The molecule has 0 spiro atoms. The number of carbonyl (C=O) groups is 1. The number of rotatable bonds is 5. The predicted molar refractivity (Wildman–Crippen MR) is 96.7 cm³/mol. The molecule has 24 heavy (non-hydrogen) atoms. The fraction of sp³-hybridized carbons (Fsp3) is 0.190. The second kappa shape index (κ2) is 6.85. The van der Waals surface area contributed by atoms with Gasteiger partial charge in [0.25, 0.3) is 0 Å². The van der Waals surface area contributed by atoms with Crippen molar-refractivity contribution in [3.8, 4) is 0 Å². The van der Waals surface area contributed by atoms with Crippen LogP contribution in [0.4, 0.5) is 0 Å². The van der Waals surface area contributed by atoms with Crippen molar-refractivity contribution in [3.05, 3.63) is 83.9 Å². The van der Waals surface area contributed by atoms with Crippen molar-refractivity contribution < 1.29 is 9.90 Å². The molecule has 0 saturated heterocycles. The van der Waals surface area contributed by atoms with Gasteiger partial charge >= 0.3 is 0 Å². The normalized spacial score (nSPS) is 13.4. The molecule has 3 aromatic rings. The van der Waals surface area contributed by atoms with Gasteiger partial charge in [0.15, 0.2) is 0 Å². The minimum Gasteiger partial charge on any atom is -0.384 e. The fourth-order valence-electron chi connectivity index (χ4n) is 2.85. The van der Waals surface area contributed by atoms with Crippen LogP contribution in [0.1, 0.15) is 18.1 Å². The van der Waals surface area contributed by atoms with E-state index in [0.717, 1.165) is 21.9 Å². The van der Waals surface area contributed by atoms with Crippen molar-refractivity contribution in [2.45, 2.75) is 18.9 Å².